The molecule has 84 valence electrons. The van der Waals surface area contributed by atoms with Gasteiger partial charge in [-0.25, -0.2) is 0 Å². The summed E-state index contributed by atoms with van der Waals surface area (Å²) < 4.78 is 5.17. The van der Waals surface area contributed by atoms with Gasteiger partial charge in [-0.15, -0.1) is 0 Å². The van der Waals surface area contributed by atoms with E-state index in [1.165, 1.54) is 39.0 Å². The van der Waals surface area contributed by atoms with Crippen molar-refractivity contribution < 1.29 is 9.53 Å². The van der Waals surface area contributed by atoms with Crippen molar-refractivity contribution in [2.24, 2.45) is 0 Å². The van der Waals surface area contributed by atoms with Gasteiger partial charge in [-0.2, -0.15) is 0 Å². The smallest absolute Gasteiger partial charge is 0.302 e. The van der Waals surface area contributed by atoms with Crippen LogP contribution in [-0.4, -0.2) is 12.1 Å². The van der Waals surface area contributed by atoms with Crippen LogP contribution in [0.5, 0.6) is 0 Å². The number of hydrogen-bond acceptors (Lipinski definition) is 2. The maximum absolute atomic E-state index is 10.7. The molecule has 0 aliphatic rings. The molecule has 0 aromatic rings. The third-order valence-corrected chi connectivity index (χ3v) is 2.42. The standard InChI is InChI=1S/C12H24O2/c1-4-6-7-8-9-10-12(5-2)14-11(3)13/h12H,4-10H2,1-3H3/t12-/m1/s1. The maximum Gasteiger partial charge on any atom is 0.302 e. The molecule has 0 aliphatic carbocycles. The zero-order valence-corrected chi connectivity index (χ0v) is 9.84. The van der Waals surface area contributed by atoms with E-state index in [0.29, 0.717) is 0 Å². The Morgan fingerprint density at radius 1 is 1.14 bits per heavy atom. The fraction of sp³-hybridized carbons (Fsp3) is 0.917. The van der Waals surface area contributed by atoms with Gasteiger partial charge in [0.15, 0.2) is 0 Å². The highest BCUT2D eigenvalue weighted by Gasteiger charge is 2.08. The van der Waals surface area contributed by atoms with Crippen LogP contribution < -0.4 is 0 Å². The van der Waals surface area contributed by atoms with Gasteiger partial charge in [0.1, 0.15) is 6.10 Å². The van der Waals surface area contributed by atoms with Crippen molar-refractivity contribution in [3.05, 3.63) is 0 Å². The first-order valence-electron chi connectivity index (χ1n) is 5.87. The number of rotatable bonds is 8. The van der Waals surface area contributed by atoms with E-state index in [1.54, 1.807) is 0 Å². The number of hydrogen-bond donors (Lipinski definition) is 0. The first kappa shape index (κ1) is 13.5. The topological polar surface area (TPSA) is 26.3 Å². The van der Waals surface area contributed by atoms with Crippen molar-refractivity contribution in [1.29, 1.82) is 0 Å². The third kappa shape index (κ3) is 8.09. The Kier molecular flexibility index (Phi) is 8.70. The number of carbonyl (C=O) groups is 1. The van der Waals surface area contributed by atoms with Crippen molar-refractivity contribution in [3.63, 3.8) is 0 Å². The van der Waals surface area contributed by atoms with Crippen molar-refractivity contribution >= 4 is 5.97 Å². The molecule has 2 nitrogen and oxygen atoms in total. The normalized spacial score (nSPS) is 12.5. The molecular weight excluding hydrogens is 176 g/mol. The Labute approximate surface area is 88.0 Å². The molecule has 0 unspecified atom stereocenters. The highest BCUT2D eigenvalue weighted by Crippen LogP contribution is 2.11. The van der Waals surface area contributed by atoms with E-state index in [2.05, 4.69) is 13.8 Å². The minimum Gasteiger partial charge on any atom is -0.463 e. The summed E-state index contributed by atoms with van der Waals surface area (Å²) in [6.07, 6.45) is 8.48. The van der Waals surface area contributed by atoms with Crippen molar-refractivity contribution in [2.75, 3.05) is 0 Å². The predicted molar refractivity (Wildman–Crippen MR) is 59.2 cm³/mol. The molecule has 0 heterocycles. The average molecular weight is 200 g/mol. The molecular formula is C12H24O2. The summed E-state index contributed by atoms with van der Waals surface area (Å²) >= 11 is 0. The molecule has 0 amide bonds. The molecule has 0 spiro atoms. The molecule has 0 aromatic carbocycles. The van der Waals surface area contributed by atoms with E-state index in [0.717, 1.165) is 12.8 Å². The maximum atomic E-state index is 10.7. The Morgan fingerprint density at radius 2 is 1.79 bits per heavy atom. The first-order chi connectivity index (χ1) is 6.70. The summed E-state index contributed by atoms with van der Waals surface area (Å²) in [4.78, 5) is 10.7. The monoisotopic (exact) mass is 200 g/mol. The van der Waals surface area contributed by atoms with Gasteiger partial charge < -0.3 is 4.74 Å². The van der Waals surface area contributed by atoms with E-state index in [9.17, 15) is 4.79 Å². The molecule has 0 bridgehead atoms. The summed E-state index contributed by atoms with van der Waals surface area (Å²) in [5.74, 6) is -0.148. The van der Waals surface area contributed by atoms with Crippen molar-refractivity contribution in [1.82, 2.24) is 0 Å². The van der Waals surface area contributed by atoms with Crippen LogP contribution in [0.4, 0.5) is 0 Å². The lowest BCUT2D eigenvalue weighted by Crippen LogP contribution is -2.14. The van der Waals surface area contributed by atoms with Crippen LogP contribution in [0.3, 0.4) is 0 Å². The SMILES string of the molecule is CCCCCCC[C@@H](CC)OC(C)=O. The fourth-order valence-electron chi connectivity index (χ4n) is 1.56. The van der Waals surface area contributed by atoms with Crippen LogP contribution in [0.25, 0.3) is 0 Å². The molecule has 0 rings (SSSR count). The van der Waals surface area contributed by atoms with Crippen LogP contribution in [0.2, 0.25) is 0 Å². The highest BCUT2D eigenvalue weighted by atomic mass is 16.5. The zero-order valence-electron chi connectivity index (χ0n) is 9.84. The fourth-order valence-corrected chi connectivity index (χ4v) is 1.56. The van der Waals surface area contributed by atoms with Gasteiger partial charge in [-0.1, -0.05) is 39.5 Å². The van der Waals surface area contributed by atoms with Crippen molar-refractivity contribution in [3.8, 4) is 0 Å². The summed E-state index contributed by atoms with van der Waals surface area (Å²) in [6.45, 7) is 5.77. The van der Waals surface area contributed by atoms with Gasteiger partial charge in [0.25, 0.3) is 0 Å². The quantitative estimate of drug-likeness (QED) is 0.441. The average Bonchev–Trinajstić information content (AvgIpc) is 2.15. The molecule has 0 N–H and O–H groups in total. The Balaban J connectivity index is 3.38. The molecule has 1 atom stereocenters. The summed E-state index contributed by atoms with van der Waals surface area (Å²) in [6, 6.07) is 0. The lowest BCUT2D eigenvalue weighted by atomic mass is 10.1. The minimum absolute atomic E-state index is 0.147. The first-order valence-corrected chi connectivity index (χ1v) is 5.87. The van der Waals surface area contributed by atoms with Gasteiger partial charge in [-0.05, 0) is 19.3 Å². The van der Waals surface area contributed by atoms with Crippen LogP contribution in [0, 0.1) is 0 Å². The third-order valence-electron chi connectivity index (χ3n) is 2.42. The molecule has 0 radical (unpaired) electrons. The minimum atomic E-state index is -0.148. The molecule has 0 saturated heterocycles. The number of esters is 1. The number of unbranched alkanes of at least 4 members (excludes halogenated alkanes) is 4. The second-order valence-corrected chi connectivity index (χ2v) is 3.84. The molecule has 14 heavy (non-hydrogen) atoms. The predicted octanol–water partition coefficient (Wildman–Crippen LogP) is 3.69. The second-order valence-electron chi connectivity index (χ2n) is 3.84. The van der Waals surface area contributed by atoms with Crippen molar-refractivity contribution in [2.45, 2.75) is 71.8 Å². The van der Waals surface area contributed by atoms with E-state index in [-0.39, 0.29) is 12.1 Å². The highest BCUT2D eigenvalue weighted by molar-refractivity contribution is 5.66. The van der Waals surface area contributed by atoms with Crippen LogP contribution >= 0.6 is 0 Å². The summed E-state index contributed by atoms with van der Waals surface area (Å²) in [5, 5.41) is 0. The molecule has 0 aromatic heterocycles. The number of ether oxygens (including phenoxy) is 1. The molecule has 2 heteroatoms. The zero-order chi connectivity index (χ0) is 10.8. The largest absolute Gasteiger partial charge is 0.463 e. The van der Waals surface area contributed by atoms with Crippen LogP contribution in [-0.2, 0) is 9.53 Å². The number of carbonyl (C=O) groups excluding carboxylic acids is 1. The van der Waals surface area contributed by atoms with Gasteiger partial charge in [-0.3, -0.25) is 4.79 Å². The lowest BCUT2D eigenvalue weighted by Gasteiger charge is -2.14. The molecule has 0 aliphatic heterocycles. The second kappa shape index (κ2) is 9.04. The van der Waals surface area contributed by atoms with E-state index < -0.39 is 0 Å². The van der Waals surface area contributed by atoms with Crippen LogP contribution in [0.1, 0.15) is 65.7 Å². The van der Waals surface area contributed by atoms with Gasteiger partial charge in [0.2, 0.25) is 0 Å². The summed E-state index contributed by atoms with van der Waals surface area (Å²) in [7, 11) is 0. The molecule has 0 fully saturated rings. The van der Waals surface area contributed by atoms with E-state index >= 15 is 0 Å². The van der Waals surface area contributed by atoms with E-state index in [4.69, 9.17) is 4.74 Å². The van der Waals surface area contributed by atoms with Gasteiger partial charge >= 0.3 is 5.97 Å². The van der Waals surface area contributed by atoms with Gasteiger partial charge in [0, 0.05) is 6.92 Å². The Bertz CT molecular complexity index is 143. The summed E-state index contributed by atoms with van der Waals surface area (Å²) in [5.41, 5.74) is 0. The lowest BCUT2D eigenvalue weighted by molar-refractivity contribution is -0.146. The van der Waals surface area contributed by atoms with Gasteiger partial charge in [0.05, 0.1) is 0 Å². The Hall–Kier alpha value is -0.530. The molecule has 0 saturated carbocycles. The van der Waals surface area contributed by atoms with Crippen LogP contribution in [0.15, 0.2) is 0 Å². The Morgan fingerprint density at radius 3 is 2.29 bits per heavy atom. The van der Waals surface area contributed by atoms with E-state index in [1.807, 2.05) is 0 Å².